The van der Waals surface area contributed by atoms with Crippen molar-refractivity contribution in [2.45, 2.75) is 37.6 Å². The van der Waals surface area contributed by atoms with Crippen LogP contribution in [0.5, 0.6) is 5.88 Å². The summed E-state index contributed by atoms with van der Waals surface area (Å²) >= 11 is 0. The van der Waals surface area contributed by atoms with Crippen LogP contribution in [0, 0.1) is 0 Å². The van der Waals surface area contributed by atoms with Crippen molar-refractivity contribution < 1.29 is 4.74 Å². The molecule has 0 amide bonds. The summed E-state index contributed by atoms with van der Waals surface area (Å²) in [7, 11) is 1.64. The average Bonchev–Trinajstić information content (AvgIpc) is 2.30. The van der Waals surface area contributed by atoms with Gasteiger partial charge >= 0.3 is 0 Å². The highest BCUT2D eigenvalue weighted by Gasteiger charge is 2.29. The molecule has 0 aromatic carbocycles. The molecule has 2 N–H and O–H groups in total. The second kappa shape index (κ2) is 4.19. The second-order valence-corrected chi connectivity index (χ2v) is 4.30. The molecule has 1 aliphatic rings. The van der Waals surface area contributed by atoms with E-state index in [9.17, 15) is 0 Å². The number of hydrogen-bond donors (Lipinski definition) is 1. The molecular formula is C12H18N2O. The Bertz CT molecular complexity index is 332. The van der Waals surface area contributed by atoms with Crippen LogP contribution in [0.2, 0.25) is 0 Å². The van der Waals surface area contributed by atoms with Crippen molar-refractivity contribution in [1.29, 1.82) is 0 Å². The fourth-order valence-corrected chi connectivity index (χ4v) is 2.30. The van der Waals surface area contributed by atoms with Gasteiger partial charge in [-0.25, -0.2) is 4.98 Å². The number of ether oxygens (including phenoxy) is 1. The average molecular weight is 206 g/mol. The Morgan fingerprint density at radius 2 is 2.07 bits per heavy atom. The van der Waals surface area contributed by atoms with Gasteiger partial charge in [0.25, 0.3) is 0 Å². The summed E-state index contributed by atoms with van der Waals surface area (Å²) in [5.41, 5.74) is 7.42. The third-order valence-corrected chi connectivity index (χ3v) is 3.26. The summed E-state index contributed by atoms with van der Waals surface area (Å²) in [6, 6.07) is 3.97. The zero-order valence-electron chi connectivity index (χ0n) is 9.20. The Kier molecular flexibility index (Phi) is 2.91. The fraction of sp³-hybridized carbons (Fsp3) is 0.583. The van der Waals surface area contributed by atoms with Gasteiger partial charge in [-0.15, -0.1) is 0 Å². The fourth-order valence-electron chi connectivity index (χ4n) is 2.30. The minimum absolute atomic E-state index is 0.158. The number of nitrogens with zero attached hydrogens (tertiary/aromatic N) is 1. The molecular weight excluding hydrogens is 188 g/mol. The minimum Gasteiger partial charge on any atom is -0.481 e. The molecule has 1 aromatic rings. The Labute approximate surface area is 90.7 Å². The SMILES string of the molecule is COc1cc(C2(N)CCCCC2)ccn1. The molecule has 0 atom stereocenters. The van der Waals surface area contributed by atoms with Gasteiger partial charge in [0.2, 0.25) is 5.88 Å². The molecule has 3 nitrogen and oxygen atoms in total. The maximum atomic E-state index is 6.42. The van der Waals surface area contributed by atoms with Crippen LogP contribution < -0.4 is 10.5 Å². The molecule has 0 bridgehead atoms. The van der Waals surface area contributed by atoms with Crippen molar-refractivity contribution in [3.8, 4) is 5.88 Å². The quantitative estimate of drug-likeness (QED) is 0.807. The van der Waals surface area contributed by atoms with Crippen molar-refractivity contribution >= 4 is 0 Å². The summed E-state index contributed by atoms with van der Waals surface area (Å²) in [6.07, 6.45) is 7.67. The van der Waals surface area contributed by atoms with E-state index in [1.807, 2.05) is 12.1 Å². The maximum absolute atomic E-state index is 6.42. The van der Waals surface area contributed by atoms with E-state index in [1.54, 1.807) is 13.3 Å². The first-order valence-corrected chi connectivity index (χ1v) is 5.54. The Hall–Kier alpha value is -1.09. The van der Waals surface area contributed by atoms with Crippen molar-refractivity contribution in [2.75, 3.05) is 7.11 Å². The number of aromatic nitrogens is 1. The lowest BCUT2D eigenvalue weighted by molar-refractivity contribution is 0.300. The van der Waals surface area contributed by atoms with E-state index in [-0.39, 0.29) is 5.54 Å². The normalized spacial score (nSPS) is 19.9. The number of pyridine rings is 1. The first kappa shape index (κ1) is 10.4. The molecule has 15 heavy (non-hydrogen) atoms. The van der Waals surface area contributed by atoms with Crippen molar-refractivity contribution in [2.24, 2.45) is 5.73 Å². The number of hydrogen-bond acceptors (Lipinski definition) is 3. The third kappa shape index (κ3) is 2.12. The van der Waals surface area contributed by atoms with Crippen LogP contribution in [0.3, 0.4) is 0 Å². The van der Waals surface area contributed by atoms with E-state index in [4.69, 9.17) is 10.5 Å². The van der Waals surface area contributed by atoms with Gasteiger partial charge in [0.05, 0.1) is 7.11 Å². The second-order valence-electron chi connectivity index (χ2n) is 4.30. The molecule has 1 saturated carbocycles. The molecule has 0 radical (unpaired) electrons. The Balaban J connectivity index is 2.26. The van der Waals surface area contributed by atoms with Crippen LogP contribution in [-0.4, -0.2) is 12.1 Å². The van der Waals surface area contributed by atoms with Gasteiger partial charge in [0.1, 0.15) is 0 Å². The molecule has 1 fully saturated rings. The lowest BCUT2D eigenvalue weighted by Crippen LogP contribution is -2.38. The van der Waals surface area contributed by atoms with Gasteiger partial charge in [0.15, 0.2) is 0 Å². The van der Waals surface area contributed by atoms with Gasteiger partial charge < -0.3 is 10.5 Å². The van der Waals surface area contributed by atoms with E-state index in [1.165, 1.54) is 19.3 Å². The largest absolute Gasteiger partial charge is 0.481 e. The first-order valence-electron chi connectivity index (χ1n) is 5.54. The Morgan fingerprint density at radius 3 is 2.73 bits per heavy atom. The van der Waals surface area contributed by atoms with Gasteiger partial charge in [-0.2, -0.15) is 0 Å². The van der Waals surface area contributed by atoms with Crippen molar-refractivity contribution in [1.82, 2.24) is 4.98 Å². The smallest absolute Gasteiger partial charge is 0.213 e. The monoisotopic (exact) mass is 206 g/mol. The first-order chi connectivity index (χ1) is 7.24. The summed E-state index contributed by atoms with van der Waals surface area (Å²) < 4.78 is 5.12. The van der Waals surface area contributed by atoms with Crippen LogP contribution in [-0.2, 0) is 5.54 Å². The van der Waals surface area contributed by atoms with E-state index in [0.717, 1.165) is 18.4 Å². The zero-order valence-corrected chi connectivity index (χ0v) is 9.20. The Morgan fingerprint density at radius 1 is 1.33 bits per heavy atom. The van der Waals surface area contributed by atoms with Crippen LogP contribution in [0.15, 0.2) is 18.3 Å². The third-order valence-electron chi connectivity index (χ3n) is 3.26. The molecule has 1 heterocycles. The topological polar surface area (TPSA) is 48.1 Å². The lowest BCUT2D eigenvalue weighted by Gasteiger charge is -2.33. The summed E-state index contributed by atoms with van der Waals surface area (Å²) in [5, 5.41) is 0. The van der Waals surface area contributed by atoms with E-state index in [2.05, 4.69) is 4.98 Å². The minimum atomic E-state index is -0.158. The zero-order chi connectivity index (χ0) is 10.7. The molecule has 1 aromatic heterocycles. The predicted octanol–water partition coefficient (Wildman–Crippen LogP) is 2.21. The highest BCUT2D eigenvalue weighted by Crippen LogP contribution is 2.35. The maximum Gasteiger partial charge on any atom is 0.213 e. The van der Waals surface area contributed by atoms with E-state index >= 15 is 0 Å². The molecule has 0 saturated heterocycles. The summed E-state index contributed by atoms with van der Waals surface area (Å²) in [5.74, 6) is 0.655. The van der Waals surface area contributed by atoms with Gasteiger partial charge in [0, 0.05) is 17.8 Å². The van der Waals surface area contributed by atoms with Gasteiger partial charge in [-0.05, 0) is 24.5 Å². The summed E-state index contributed by atoms with van der Waals surface area (Å²) in [4.78, 5) is 4.11. The number of rotatable bonds is 2. The van der Waals surface area contributed by atoms with Crippen LogP contribution >= 0.6 is 0 Å². The number of nitrogens with two attached hydrogens (primary N) is 1. The van der Waals surface area contributed by atoms with Crippen LogP contribution in [0.25, 0.3) is 0 Å². The highest BCUT2D eigenvalue weighted by atomic mass is 16.5. The molecule has 0 spiro atoms. The van der Waals surface area contributed by atoms with E-state index < -0.39 is 0 Å². The molecule has 3 heteroatoms. The highest BCUT2D eigenvalue weighted by molar-refractivity contribution is 5.27. The predicted molar refractivity (Wildman–Crippen MR) is 59.7 cm³/mol. The van der Waals surface area contributed by atoms with Gasteiger partial charge in [-0.3, -0.25) is 0 Å². The van der Waals surface area contributed by atoms with Crippen molar-refractivity contribution in [3.63, 3.8) is 0 Å². The lowest BCUT2D eigenvalue weighted by atomic mass is 9.78. The summed E-state index contributed by atoms with van der Waals surface area (Å²) in [6.45, 7) is 0. The number of methoxy groups -OCH3 is 1. The molecule has 0 unspecified atom stereocenters. The molecule has 82 valence electrons. The molecule has 2 rings (SSSR count). The van der Waals surface area contributed by atoms with Gasteiger partial charge in [-0.1, -0.05) is 19.3 Å². The van der Waals surface area contributed by atoms with Crippen molar-refractivity contribution in [3.05, 3.63) is 23.9 Å². The molecule has 1 aliphatic carbocycles. The van der Waals surface area contributed by atoms with Crippen LogP contribution in [0.4, 0.5) is 0 Å². The van der Waals surface area contributed by atoms with Crippen LogP contribution in [0.1, 0.15) is 37.7 Å². The van der Waals surface area contributed by atoms with E-state index in [0.29, 0.717) is 5.88 Å². The standard InChI is InChI=1S/C12H18N2O/c1-15-11-9-10(5-8-14-11)12(13)6-3-2-4-7-12/h5,8-9H,2-4,6-7,13H2,1H3. The molecule has 0 aliphatic heterocycles.